The maximum atomic E-state index is 13.7. The molecule has 1 heterocycles. The van der Waals surface area contributed by atoms with Gasteiger partial charge in [0.05, 0.1) is 6.61 Å². The second kappa shape index (κ2) is 5.67. The lowest BCUT2D eigenvalue weighted by Crippen LogP contribution is -2.45. The van der Waals surface area contributed by atoms with Crippen LogP contribution in [-0.2, 0) is 6.61 Å². The van der Waals surface area contributed by atoms with Crippen molar-refractivity contribution in [2.45, 2.75) is 25.5 Å². The van der Waals surface area contributed by atoms with Crippen molar-refractivity contribution in [3.63, 3.8) is 0 Å². The molecule has 1 aliphatic rings. The first-order valence-corrected chi connectivity index (χ1v) is 6.43. The van der Waals surface area contributed by atoms with Gasteiger partial charge in [-0.05, 0) is 39.1 Å². The molecule has 1 saturated heterocycles. The lowest BCUT2D eigenvalue weighted by atomic mass is 10.0. The molecule has 0 saturated carbocycles. The van der Waals surface area contributed by atoms with Gasteiger partial charge in [-0.1, -0.05) is 6.07 Å². The van der Waals surface area contributed by atoms with Crippen LogP contribution in [0, 0.1) is 5.82 Å². The van der Waals surface area contributed by atoms with Crippen molar-refractivity contribution in [1.29, 1.82) is 0 Å². The number of likely N-dealkylation sites (N-methyl/N-ethyl adjacent to an activating group) is 1. The number of benzene rings is 1. The van der Waals surface area contributed by atoms with Crippen LogP contribution in [0.4, 0.5) is 10.1 Å². The van der Waals surface area contributed by atoms with Gasteiger partial charge in [-0.2, -0.15) is 0 Å². The highest BCUT2D eigenvalue weighted by molar-refractivity contribution is 5.54. The number of halogens is 1. The number of aliphatic hydroxyl groups is 1. The summed E-state index contributed by atoms with van der Waals surface area (Å²) in [4.78, 5) is 4.40. The lowest BCUT2D eigenvalue weighted by molar-refractivity contribution is 0.255. The first-order valence-electron chi connectivity index (χ1n) is 6.43. The van der Waals surface area contributed by atoms with Gasteiger partial charge in [0, 0.05) is 30.4 Å². The van der Waals surface area contributed by atoms with Crippen LogP contribution in [0.25, 0.3) is 0 Å². The molecule has 1 aromatic carbocycles. The van der Waals surface area contributed by atoms with Gasteiger partial charge in [0.15, 0.2) is 0 Å². The monoisotopic (exact) mass is 252 g/mol. The van der Waals surface area contributed by atoms with Gasteiger partial charge in [0.25, 0.3) is 0 Å². The summed E-state index contributed by atoms with van der Waals surface area (Å²) in [5.74, 6) is -0.318. The van der Waals surface area contributed by atoms with E-state index in [-0.39, 0.29) is 12.4 Å². The van der Waals surface area contributed by atoms with E-state index >= 15 is 0 Å². The quantitative estimate of drug-likeness (QED) is 0.889. The van der Waals surface area contributed by atoms with Crippen molar-refractivity contribution in [1.82, 2.24) is 4.90 Å². The highest BCUT2D eigenvalue weighted by Gasteiger charge is 2.23. The van der Waals surface area contributed by atoms with E-state index in [0.29, 0.717) is 11.6 Å². The van der Waals surface area contributed by atoms with E-state index in [2.05, 4.69) is 23.9 Å². The molecule has 0 bridgehead atoms. The number of aliphatic hydroxyl groups excluding tert-OH is 1. The molecule has 1 unspecified atom stereocenters. The molecule has 1 aliphatic heterocycles. The van der Waals surface area contributed by atoms with E-state index in [1.165, 1.54) is 12.5 Å². The molecule has 3 nitrogen and oxygen atoms in total. The van der Waals surface area contributed by atoms with Gasteiger partial charge >= 0.3 is 0 Å². The minimum absolute atomic E-state index is 0.245. The number of hydrogen-bond donors (Lipinski definition) is 1. The lowest BCUT2D eigenvalue weighted by Gasteiger charge is -2.38. The molecule has 0 amide bonds. The van der Waals surface area contributed by atoms with Gasteiger partial charge < -0.3 is 14.9 Å². The summed E-state index contributed by atoms with van der Waals surface area (Å²) < 4.78 is 13.7. The predicted molar refractivity (Wildman–Crippen MR) is 71.2 cm³/mol. The number of anilines is 1. The molecule has 0 aliphatic carbocycles. The van der Waals surface area contributed by atoms with E-state index in [1.54, 1.807) is 6.07 Å². The van der Waals surface area contributed by atoms with E-state index in [0.717, 1.165) is 25.2 Å². The predicted octanol–water partition coefficient (Wildman–Crippen LogP) is 1.85. The summed E-state index contributed by atoms with van der Waals surface area (Å²) >= 11 is 0. The fourth-order valence-corrected chi connectivity index (χ4v) is 2.60. The number of nitrogens with zero attached hydrogens (tertiary/aromatic N) is 2. The fourth-order valence-electron chi connectivity index (χ4n) is 2.60. The summed E-state index contributed by atoms with van der Waals surface area (Å²) in [6.07, 6.45) is 2.28. The third-order valence-corrected chi connectivity index (χ3v) is 3.72. The zero-order valence-corrected chi connectivity index (χ0v) is 11.1. The second-order valence-electron chi connectivity index (χ2n) is 5.10. The summed E-state index contributed by atoms with van der Waals surface area (Å²) in [6, 6.07) is 5.51. The third-order valence-electron chi connectivity index (χ3n) is 3.72. The van der Waals surface area contributed by atoms with Gasteiger partial charge in [0.1, 0.15) is 5.82 Å². The average molecular weight is 252 g/mol. The fraction of sp³-hybridized carbons (Fsp3) is 0.571. The normalized spacial score (nSPS) is 20.5. The Morgan fingerprint density at radius 1 is 1.44 bits per heavy atom. The van der Waals surface area contributed by atoms with Crippen molar-refractivity contribution in [3.8, 4) is 0 Å². The zero-order valence-electron chi connectivity index (χ0n) is 11.1. The topological polar surface area (TPSA) is 26.7 Å². The standard InChI is InChI=1S/C14H21FN2O/c1-16(2)11-5-4-8-17(9-11)14-7-3-6-13(15)12(14)10-18/h3,6-7,11,18H,4-5,8-10H2,1-2H3. The molecule has 4 heteroatoms. The Morgan fingerprint density at radius 3 is 2.89 bits per heavy atom. The molecule has 1 aromatic rings. The first kappa shape index (κ1) is 13.3. The SMILES string of the molecule is CN(C)C1CCCN(c2cccc(F)c2CO)C1. The molecule has 18 heavy (non-hydrogen) atoms. The maximum absolute atomic E-state index is 13.7. The smallest absolute Gasteiger partial charge is 0.130 e. The van der Waals surface area contributed by atoms with Crippen LogP contribution in [0.1, 0.15) is 18.4 Å². The van der Waals surface area contributed by atoms with Crippen LogP contribution in [0.15, 0.2) is 18.2 Å². The van der Waals surface area contributed by atoms with Crippen LogP contribution in [-0.4, -0.2) is 43.2 Å². The minimum atomic E-state index is -0.318. The highest BCUT2D eigenvalue weighted by atomic mass is 19.1. The van der Waals surface area contributed by atoms with E-state index in [9.17, 15) is 9.50 Å². The van der Waals surface area contributed by atoms with Crippen LogP contribution < -0.4 is 4.90 Å². The maximum Gasteiger partial charge on any atom is 0.130 e. The van der Waals surface area contributed by atoms with Crippen molar-refractivity contribution in [2.75, 3.05) is 32.1 Å². The molecule has 100 valence electrons. The number of hydrogen-bond acceptors (Lipinski definition) is 3. The van der Waals surface area contributed by atoms with Crippen molar-refractivity contribution in [3.05, 3.63) is 29.6 Å². The highest BCUT2D eigenvalue weighted by Crippen LogP contribution is 2.27. The Kier molecular flexibility index (Phi) is 4.19. The molecule has 0 radical (unpaired) electrons. The molecule has 0 spiro atoms. The van der Waals surface area contributed by atoms with Crippen molar-refractivity contribution in [2.24, 2.45) is 0 Å². The minimum Gasteiger partial charge on any atom is -0.391 e. The number of piperidine rings is 1. The van der Waals surface area contributed by atoms with E-state index < -0.39 is 0 Å². The Hall–Kier alpha value is -1.13. The Bertz CT molecular complexity index is 409. The molecule has 1 fully saturated rings. The third kappa shape index (κ3) is 2.65. The first-order chi connectivity index (χ1) is 8.63. The van der Waals surface area contributed by atoms with Crippen LogP contribution in [0.3, 0.4) is 0 Å². The molecular formula is C14H21FN2O. The molecular weight excluding hydrogens is 231 g/mol. The molecule has 2 rings (SSSR count). The zero-order chi connectivity index (χ0) is 13.1. The molecule has 1 N–H and O–H groups in total. The van der Waals surface area contributed by atoms with Crippen LogP contribution in [0.5, 0.6) is 0 Å². The van der Waals surface area contributed by atoms with E-state index in [4.69, 9.17) is 0 Å². The van der Waals surface area contributed by atoms with Gasteiger partial charge in [0.2, 0.25) is 0 Å². The van der Waals surface area contributed by atoms with Crippen molar-refractivity contribution < 1.29 is 9.50 Å². The largest absolute Gasteiger partial charge is 0.391 e. The Morgan fingerprint density at radius 2 is 2.22 bits per heavy atom. The van der Waals surface area contributed by atoms with Gasteiger partial charge in [-0.3, -0.25) is 0 Å². The Balaban J connectivity index is 2.23. The summed E-state index contributed by atoms with van der Waals surface area (Å²) in [5.41, 5.74) is 1.25. The average Bonchev–Trinajstić information content (AvgIpc) is 2.38. The van der Waals surface area contributed by atoms with Gasteiger partial charge in [-0.25, -0.2) is 4.39 Å². The Labute approximate surface area is 108 Å². The van der Waals surface area contributed by atoms with E-state index in [1.807, 2.05) is 6.07 Å². The van der Waals surface area contributed by atoms with Crippen LogP contribution in [0.2, 0.25) is 0 Å². The summed E-state index contributed by atoms with van der Waals surface area (Å²) in [7, 11) is 4.15. The molecule has 0 aromatic heterocycles. The van der Waals surface area contributed by atoms with Crippen molar-refractivity contribution >= 4 is 5.69 Å². The second-order valence-corrected chi connectivity index (χ2v) is 5.10. The van der Waals surface area contributed by atoms with Crippen LogP contribution >= 0.6 is 0 Å². The van der Waals surface area contributed by atoms with Gasteiger partial charge in [-0.15, -0.1) is 0 Å². The molecule has 1 atom stereocenters. The summed E-state index contributed by atoms with van der Waals surface area (Å²) in [5, 5.41) is 9.33. The number of rotatable bonds is 3. The summed E-state index contributed by atoms with van der Waals surface area (Å²) in [6.45, 7) is 1.58.